The number of nitrogens with one attached hydrogen (secondary N) is 2. The summed E-state index contributed by atoms with van der Waals surface area (Å²) in [6.45, 7) is 5.76. The summed E-state index contributed by atoms with van der Waals surface area (Å²) in [7, 11) is 1.70. The zero-order valence-electron chi connectivity index (χ0n) is 10.8. The van der Waals surface area contributed by atoms with Crippen LogP contribution in [0.5, 0.6) is 0 Å². The number of rotatable bonds is 8. The maximum absolute atomic E-state index is 5.41. The van der Waals surface area contributed by atoms with Crippen LogP contribution in [-0.2, 0) is 4.74 Å². The number of hydrogen-bond acceptors (Lipinski definition) is 3. The van der Waals surface area contributed by atoms with Gasteiger partial charge in [-0.3, -0.25) is 10.4 Å². The standard InChI is InChI=1S/C11H26N4O/c1-4-6-8-13-11(15-12)14-10(7-5-2)9-16-3/h10H,4-9,12H2,1-3H3,(H2,13,14,15). The Hall–Kier alpha value is -0.810. The van der Waals surface area contributed by atoms with Crippen LogP contribution in [0.3, 0.4) is 0 Å². The number of nitrogens with two attached hydrogens (primary N) is 1. The fraction of sp³-hybridized carbons (Fsp3) is 0.909. The monoisotopic (exact) mass is 230 g/mol. The fourth-order valence-corrected chi connectivity index (χ4v) is 1.42. The number of guanidine groups is 1. The van der Waals surface area contributed by atoms with Gasteiger partial charge in [-0.15, -0.1) is 0 Å². The number of ether oxygens (including phenoxy) is 1. The van der Waals surface area contributed by atoms with Gasteiger partial charge >= 0.3 is 0 Å². The summed E-state index contributed by atoms with van der Waals surface area (Å²) in [5.74, 6) is 6.07. The second kappa shape index (κ2) is 10.7. The highest BCUT2D eigenvalue weighted by atomic mass is 16.5. The Morgan fingerprint density at radius 2 is 2.12 bits per heavy atom. The highest BCUT2D eigenvalue weighted by molar-refractivity contribution is 5.79. The van der Waals surface area contributed by atoms with E-state index in [1.165, 1.54) is 0 Å². The minimum atomic E-state index is 0.270. The predicted octanol–water partition coefficient (Wildman–Crippen LogP) is 1.01. The molecular formula is C11H26N4O. The van der Waals surface area contributed by atoms with Gasteiger partial charge in [-0.2, -0.15) is 0 Å². The molecule has 0 aliphatic rings. The van der Waals surface area contributed by atoms with E-state index in [1.54, 1.807) is 7.11 Å². The number of aliphatic imine (C=N–C) groups is 1. The van der Waals surface area contributed by atoms with Crippen LogP contribution in [0.1, 0.15) is 39.5 Å². The van der Waals surface area contributed by atoms with Gasteiger partial charge in [-0.1, -0.05) is 26.7 Å². The van der Waals surface area contributed by atoms with Crippen molar-refractivity contribution in [3.63, 3.8) is 0 Å². The number of unbranched alkanes of at least 4 members (excludes halogenated alkanes) is 1. The highest BCUT2D eigenvalue weighted by Gasteiger charge is 2.08. The van der Waals surface area contributed by atoms with Gasteiger partial charge in [0.15, 0.2) is 0 Å². The van der Waals surface area contributed by atoms with Crippen LogP contribution in [0.25, 0.3) is 0 Å². The Morgan fingerprint density at radius 1 is 1.38 bits per heavy atom. The van der Waals surface area contributed by atoms with Crippen molar-refractivity contribution < 1.29 is 4.74 Å². The van der Waals surface area contributed by atoms with Gasteiger partial charge < -0.3 is 10.1 Å². The molecule has 0 saturated carbocycles. The van der Waals surface area contributed by atoms with E-state index in [4.69, 9.17) is 10.6 Å². The maximum Gasteiger partial charge on any atom is 0.206 e. The number of hydrogen-bond donors (Lipinski definition) is 3. The van der Waals surface area contributed by atoms with E-state index in [0.717, 1.165) is 32.2 Å². The van der Waals surface area contributed by atoms with Gasteiger partial charge in [0, 0.05) is 13.7 Å². The van der Waals surface area contributed by atoms with Crippen molar-refractivity contribution in [2.75, 3.05) is 20.3 Å². The average Bonchev–Trinajstić information content (AvgIpc) is 2.28. The average molecular weight is 230 g/mol. The van der Waals surface area contributed by atoms with Gasteiger partial charge in [-0.25, -0.2) is 5.84 Å². The molecule has 0 aromatic heterocycles. The lowest BCUT2D eigenvalue weighted by atomic mass is 10.2. The summed E-state index contributed by atoms with van der Waals surface area (Å²) in [6.07, 6.45) is 4.36. The first-order valence-corrected chi connectivity index (χ1v) is 6.04. The van der Waals surface area contributed by atoms with Gasteiger partial charge in [0.2, 0.25) is 5.96 Å². The normalized spacial score (nSPS) is 13.6. The van der Waals surface area contributed by atoms with Crippen LogP contribution in [-0.4, -0.2) is 32.3 Å². The first-order valence-electron chi connectivity index (χ1n) is 6.04. The summed E-state index contributed by atoms with van der Waals surface area (Å²) in [4.78, 5) is 4.35. The molecule has 1 atom stereocenters. The fourth-order valence-electron chi connectivity index (χ4n) is 1.42. The maximum atomic E-state index is 5.41. The second-order valence-corrected chi connectivity index (χ2v) is 3.81. The predicted molar refractivity (Wildman–Crippen MR) is 68.2 cm³/mol. The quantitative estimate of drug-likeness (QED) is 0.191. The third-order valence-corrected chi connectivity index (χ3v) is 2.26. The zero-order valence-corrected chi connectivity index (χ0v) is 10.8. The molecule has 0 saturated heterocycles. The Morgan fingerprint density at radius 3 is 2.62 bits per heavy atom. The van der Waals surface area contributed by atoms with E-state index < -0.39 is 0 Å². The van der Waals surface area contributed by atoms with E-state index in [1.807, 2.05) is 0 Å². The van der Waals surface area contributed by atoms with Crippen molar-refractivity contribution in [3.8, 4) is 0 Å². The van der Waals surface area contributed by atoms with E-state index >= 15 is 0 Å². The second-order valence-electron chi connectivity index (χ2n) is 3.81. The minimum absolute atomic E-state index is 0.270. The lowest BCUT2D eigenvalue weighted by molar-refractivity contribution is 0.169. The molecule has 0 heterocycles. The van der Waals surface area contributed by atoms with Crippen molar-refractivity contribution in [2.24, 2.45) is 10.8 Å². The van der Waals surface area contributed by atoms with E-state index in [0.29, 0.717) is 12.6 Å². The molecule has 0 rings (SSSR count). The largest absolute Gasteiger partial charge is 0.383 e. The van der Waals surface area contributed by atoms with E-state index in [9.17, 15) is 0 Å². The Labute approximate surface area is 98.8 Å². The summed E-state index contributed by atoms with van der Waals surface area (Å²) in [6, 6.07) is 0.270. The van der Waals surface area contributed by atoms with Crippen LogP contribution in [0.4, 0.5) is 0 Å². The molecule has 0 radical (unpaired) electrons. The topological polar surface area (TPSA) is 71.7 Å². The van der Waals surface area contributed by atoms with E-state index in [2.05, 4.69) is 29.6 Å². The molecular weight excluding hydrogens is 204 g/mol. The van der Waals surface area contributed by atoms with Crippen LogP contribution in [0.2, 0.25) is 0 Å². The Balaban J connectivity index is 4.07. The molecule has 5 nitrogen and oxygen atoms in total. The van der Waals surface area contributed by atoms with Crippen molar-refractivity contribution >= 4 is 5.96 Å². The summed E-state index contributed by atoms with van der Waals surface area (Å²) >= 11 is 0. The zero-order chi connectivity index (χ0) is 12.2. The molecule has 5 heteroatoms. The Bertz CT molecular complexity index is 179. The van der Waals surface area contributed by atoms with Gasteiger partial charge in [0.25, 0.3) is 0 Å². The van der Waals surface area contributed by atoms with E-state index in [-0.39, 0.29) is 6.04 Å². The summed E-state index contributed by atoms with van der Waals surface area (Å²) in [5.41, 5.74) is 2.59. The minimum Gasteiger partial charge on any atom is -0.383 e. The molecule has 0 aliphatic carbocycles. The first kappa shape index (κ1) is 15.2. The van der Waals surface area contributed by atoms with Crippen molar-refractivity contribution in [2.45, 2.75) is 45.6 Å². The molecule has 0 bridgehead atoms. The van der Waals surface area contributed by atoms with Crippen LogP contribution in [0, 0.1) is 0 Å². The number of methoxy groups -OCH3 is 1. The Kier molecular flexibility index (Phi) is 10.2. The molecule has 0 amide bonds. The number of nitrogens with zero attached hydrogens (tertiary/aromatic N) is 1. The van der Waals surface area contributed by atoms with Gasteiger partial charge in [-0.05, 0) is 12.8 Å². The van der Waals surface area contributed by atoms with Gasteiger partial charge in [0.1, 0.15) is 0 Å². The molecule has 0 spiro atoms. The molecule has 96 valence electrons. The molecule has 4 N–H and O–H groups in total. The first-order chi connectivity index (χ1) is 7.78. The van der Waals surface area contributed by atoms with Crippen molar-refractivity contribution in [1.29, 1.82) is 0 Å². The molecule has 0 aromatic carbocycles. The third kappa shape index (κ3) is 7.48. The smallest absolute Gasteiger partial charge is 0.206 e. The molecule has 0 aliphatic heterocycles. The molecule has 0 aromatic rings. The molecule has 0 fully saturated rings. The number of hydrazine groups is 1. The van der Waals surface area contributed by atoms with Crippen LogP contribution < -0.4 is 16.6 Å². The van der Waals surface area contributed by atoms with Crippen LogP contribution in [0.15, 0.2) is 4.99 Å². The SMILES string of the molecule is CCCCN=C(NN)NC(CCC)COC. The van der Waals surface area contributed by atoms with Gasteiger partial charge in [0.05, 0.1) is 12.6 Å². The highest BCUT2D eigenvalue weighted by Crippen LogP contribution is 1.97. The molecule has 1 unspecified atom stereocenters. The lowest BCUT2D eigenvalue weighted by Gasteiger charge is -2.19. The summed E-state index contributed by atoms with van der Waals surface area (Å²) < 4.78 is 5.14. The lowest BCUT2D eigenvalue weighted by Crippen LogP contribution is -2.48. The van der Waals surface area contributed by atoms with Crippen molar-refractivity contribution in [1.82, 2.24) is 10.7 Å². The van der Waals surface area contributed by atoms with Crippen LogP contribution >= 0.6 is 0 Å². The molecule has 16 heavy (non-hydrogen) atoms. The van der Waals surface area contributed by atoms with Crippen molar-refractivity contribution in [3.05, 3.63) is 0 Å². The third-order valence-electron chi connectivity index (χ3n) is 2.26. The summed E-state index contributed by atoms with van der Waals surface area (Å²) in [5, 5.41) is 3.25.